The van der Waals surface area contributed by atoms with E-state index < -0.39 is 20.3 Å². The van der Waals surface area contributed by atoms with E-state index in [4.69, 9.17) is 9.47 Å². The third-order valence-corrected chi connectivity index (χ3v) is 9.90. The SMILES string of the molecule is C=C[C@@H](Oc1ccccc1)[C@@H]1[C@@H]([C@@H](C=C)Oc2ccccc2)N([C@@H](C)c2ccccc2)[P+](=O)N1[C@@H](C)c1ccccc1. The fourth-order valence-corrected chi connectivity index (χ4v) is 7.85. The molecule has 0 saturated carbocycles. The van der Waals surface area contributed by atoms with Gasteiger partial charge in [-0.1, -0.05) is 120 Å². The molecule has 42 heavy (non-hydrogen) atoms. The highest BCUT2D eigenvalue weighted by Gasteiger charge is 2.65. The number of para-hydroxylation sites is 2. The van der Waals surface area contributed by atoms with Crippen molar-refractivity contribution in [2.45, 2.75) is 50.2 Å². The molecule has 1 aliphatic rings. The molecule has 0 spiro atoms. The van der Waals surface area contributed by atoms with Gasteiger partial charge in [0.25, 0.3) is 0 Å². The van der Waals surface area contributed by atoms with Crippen molar-refractivity contribution >= 4 is 8.10 Å². The molecule has 0 amide bonds. The molecule has 0 unspecified atom stereocenters. The van der Waals surface area contributed by atoms with Gasteiger partial charge in [0.2, 0.25) is 0 Å². The van der Waals surface area contributed by atoms with Crippen LogP contribution in [0, 0.1) is 0 Å². The topological polar surface area (TPSA) is 42.0 Å². The van der Waals surface area contributed by atoms with Gasteiger partial charge in [-0.25, -0.2) is 0 Å². The second-order valence-corrected chi connectivity index (χ2v) is 11.9. The summed E-state index contributed by atoms with van der Waals surface area (Å²) < 4.78 is 32.3. The van der Waals surface area contributed by atoms with Crippen LogP contribution < -0.4 is 9.47 Å². The number of ether oxygens (including phenoxy) is 2. The number of nitrogens with zero attached hydrogens (tertiary/aromatic N) is 2. The normalized spacial score (nSPS) is 21.1. The minimum atomic E-state index is -2.06. The van der Waals surface area contributed by atoms with E-state index in [1.807, 2.05) is 109 Å². The summed E-state index contributed by atoms with van der Waals surface area (Å²) >= 11 is 0. The summed E-state index contributed by atoms with van der Waals surface area (Å²) in [5, 5.41) is 0. The summed E-state index contributed by atoms with van der Waals surface area (Å²) in [7, 11) is -2.06. The molecule has 1 fully saturated rings. The summed E-state index contributed by atoms with van der Waals surface area (Å²) in [6, 6.07) is 38.7. The molecule has 0 bridgehead atoms. The molecule has 0 aromatic heterocycles. The van der Waals surface area contributed by atoms with E-state index in [2.05, 4.69) is 60.6 Å². The summed E-state index contributed by atoms with van der Waals surface area (Å²) in [4.78, 5) is 0. The van der Waals surface area contributed by atoms with Crippen LogP contribution in [-0.2, 0) is 4.57 Å². The second kappa shape index (κ2) is 13.8. The van der Waals surface area contributed by atoms with Crippen LogP contribution in [0.5, 0.6) is 11.5 Å². The number of rotatable bonds is 12. The van der Waals surface area contributed by atoms with Gasteiger partial charge in [0.15, 0.2) is 0 Å². The molecule has 6 heteroatoms. The lowest BCUT2D eigenvalue weighted by atomic mass is 9.93. The van der Waals surface area contributed by atoms with Crippen molar-refractivity contribution in [3.8, 4) is 11.5 Å². The van der Waals surface area contributed by atoms with Gasteiger partial charge >= 0.3 is 8.10 Å². The number of hydrogen-bond donors (Lipinski definition) is 0. The summed E-state index contributed by atoms with van der Waals surface area (Å²) in [5.74, 6) is 1.44. The minimum Gasteiger partial charge on any atom is -0.484 e. The first-order chi connectivity index (χ1) is 20.5. The lowest BCUT2D eigenvalue weighted by Gasteiger charge is -2.34. The van der Waals surface area contributed by atoms with Gasteiger partial charge in [-0.15, -0.1) is 0 Å². The van der Waals surface area contributed by atoms with Crippen LogP contribution in [-0.4, -0.2) is 33.6 Å². The van der Waals surface area contributed by atoms with Crippen molar-refractivity contribution < 1.29 is 14.0 Å². The molecule has 4 aromatic carbocycles. The van der Waals surface area contributed by atoms with Gasteiger partial charge in [-0.2, -0.15) is 0 Å². The molecular weight excluding hydrogens is 539 g/mol. The maximum absolute atomic E-state index is 14.9. The molecular formula is C36H38N2O3P+. The van der Waals surface area contributed by atoms with Crippen LogP contribution in [0.2, 0.25) is 0 Å². The van der Waals surface area contributed by atoms with E-state index >= 15 is 0 Å². The van der Waals surface area contributed by atoms with Crippen LogP contribution in [0.25, 0.3) is 0 Å². The van der Waals surface area contributed by atoms with Crippen molar-refractivity contribution in [1.82, 2.24) is 9.34 Å². The first-order valence-electron chi connectivity index (χ1n) is 14.4. The first kappa shape index (κ1) is 29.5. The first-order valence-corrected chi connectivity index (χ1v) is 15.5. The van der Waals surface area contributed by atoms with Gasteiger partial charge in [-0.3, -0.25) is 0 Å². The maximum Gasteiger partial charge on any atom is 0.539 e. The van der Waals surface area contributed by atoms with Gasteiger partial charge < -0.3 is 9.47 Å². The van der Waals surface area contributed by atoms with E-state index in [0.717, 1.165) is 22.6 Å². The summed E-state index contributed by atoms with van der Waals surface area (Å²) in [6.45, 7) is 12.6. The highest BCUT2D eigenvalue weighted by atomic mass is 31.1. The van der Waals surface area contributed by atoms with Crippen molar-refractivity contribution in [1.29, 1.82) is 0 Å². The van der Waals surface area contributed by atoms with Crippen LogP contribution in [0.3, 0.4) is 0 Å². The number of hydrogen-bond acceptors (Lipinski definition) is 3. The quantitative estimate of drug-likeness (QED) is 0.124. The van der Waals surface area contributed by atoms with E-state index in [0.29, 0.717) is 0 Å². The monoisotopic (exact) mass is 577 g/mol. The molecule has 1 aliphatic heterocycles. The Morgan fingerprint density at radius 3 is 1.21 bits per heavy atom. The lowest BCUT2D eigenvalue weighted by molar-refractivity contribution is 0.0571. The van der Waals surface area contributed by atoms with E-state index in [9.17, 15) is 4.57 Å². The van der Waals surface area contributed by atoms with Gasteiger partial charge in [0, 0.05) is 0 Å². The Hall–Kier alpha value is -4.02. The van der Waals surface area contributed by atoms with Crippen molar-refractivity contribution in [3.05, 3.63) is 158 Å². The van der Waals surface area contributed by atoms with Crippen LogP contribution in [0.4, 0.5) is 0 Å². The maximum atomic E-state index is 14.9. The summed E-state index contributed by atoms with van der Waals surface area (Å²) in [6.07, 6.45) is 2.63. The Bertz CT molecular complexity index is 1340. The van der Waals surface area contributed by atoms with Gasteiger partial charge in [0.1, 0.15) is 35.8 Å². The summed E-state index contributed by atoms with van der Waals surface area (Å²) in [5.41, 5.74) is 2.14. The predicted molar refractivity (Wildman–Crippen MR) is 171 cm³/mol. The Balaban J connectivity index is 1.66. The Kier molecular flexibility index (Phi) is 9.66. The average molecular weight is 578 g/mol. The van der Waals surface area contributed by atoms with Crippen molar-refractivity contribution in [2.75, 3.05) is 0 Å². The van der Waals surface area contributed by atoms with Gasteiger partial charge in [0.05, 0.1) is 12.1 Å². The van der Waals surface area contributed by atoms with E-state index in [-0.39, 0.29) is 24.2 Å². The van der Waals surface area contributed by atoms with Crippen LogP contribution in [0.15, 0.2) is 147 Å². The van der Waals surface area contributed by atoms with Crippen LogP contribution >= 0.6 is 8.10 Å². The molecule has 6 atom stereocenters. The van der Waals surface area contributed by atoms with E-state index in [1.165, 1.54) is 0 Å². The largest absolute Gasteiger partial charge is 0.539 e. The smallest absolute Gasteiger partial charge is 0.484 e. The Morgan fingerprint density at radius 1 is 0.595 bits per heavy atom. The van der Waals surface area contributed by atoms with E-state index in [1.54, 1.807) is 0 Å². The minimum absolute atomic E-state index is 0.181. The molecule has 0 aliphatic carbocycles. The highest BCUT2D eigenvalue weighted by Crippen LogP contribution is 2.56. The Morgan fingerprint density at radius 2 is 0.905 bits per heavy atom. The molecule has 5 nitrogen and oxygen atoms in total. The lowest BCUT2D eigenvalue weighted by Crippen LogP contribution is -2.54. The molecule has 0 N–H and O–H groups in total. The molecule has 214 valence electrons. The molecule has 1 heterocycles. The fourth-order valence-electron chi connectivity index (χ4n) is 5.76. The molecule has 1 saturated heterocycles. The predicted octanol–water partition coefficient (Wildman–Crippen LogP) is 8.79. The Labute approximate surface area is 250 Å². The van der Waals surface area contributed by atoms with Gasteiger partial charge in [-0.05, 0) is 66.0 Å². The standard InChI is InChI=1S/C36H38N2O3P/c1-5-33(40-31-23-15-9-16-24-31)35-36(34(6-2)41-32-25-17-10-18-26-32)38(28(4)30-21-13-8-14-22-30)42(39)37(35)27(3)29-19-11-7-12-20-29/h5-28,33-36H,1-2H2,3-4H3/q+1/t27-,28-,33+,34+,35+,36+/m0/s1. The molecule has 5 rings (SSSR count). The highest BCUT2D eigenvalue weighted by molar-refractivity contribution is 7.39. The molecule has 4 aromatic rings. The van der Waals surface area contributed by atoms with Crippen LogP contribution in [0.1, 0.15) is 37.1 Å². The molecule has 0 radical (unpaired) electrons. The second-order valence-electron chi connectivity index (χ2n) is 10.4. The zero-order valence-electron chi connectivity index (χ0n) is 24.1. The third-order valence-electron chi connectivity index (χ3n) is 7.88. The van der Waals surface area contributed by atoms with Crippen molar-refractivity contribution in [3.63, 3.8) is 0 Å². The van der Waals surface area contributed by atoms with Crippen molar-refractivity contribution in [2.24, 2.45) is 0 Å². The zero-order valence-corrected chi connectivity index (χ0v) is 25.0. The average Bonchev–Trinajstić information content (AvgIpc) is 3.35. The zero-order chi connectivity index (χ0) is 29.5. The number of benzene rings is 4. The third kappa shape index (κ3) is 6.24. The fraction of sp³-hybridized carbons (Fsp3) is 0.222.